The van der Waals surface area contributed by atoms with Gasteiger partial charge in [0.2, 0.25) is 5.91 Å². The van der Waals surface area contributed by atoms with Crippen molar-refractivity contribution in [2.24, 2.45) is 5.41 Å². The van der Waals surface area contributed by atoms with Crippen molar-refractivity contribution in [1.29, 1.82) is 0 Å². The van der Waals surface area contributed by atoms with Gasteiger partial charge >= 0.3 is 5.97 Å². The molecule has 0 fully saturated rings. The molecule has 126 valence electrons. The molecule has 1 aromatic carbocycles. The maximum absolute atomic E-state index is 13.9. The number of hydrogen-bond acceptors (Lipinski definition) is 3. The van der Waals surface area contributed by atoms with Crippen molar-refractivity contribution < 1.29 is 23.1 Å². The monoisotopic (exact) mass is 325 g/mol. The molecule has 1 aromatic rings. The van der Waals surface area contributed by atoms with Crippen LogP contribution in [0.3, 0.4) is 0 Å². The molecule has 0 atom stereocenters. The molecule has 0 N–H and O–H groups in total. The summed E-state index contributed by atoms with van der Waals surface area (Å²) in [6.07, 6.45) is 0.569. The summed E-state index contributed by atoms with van der Waals surface area (Å²) in [5.74, 6) is -1.47. The van der Waals surface area contributed by atoms with Crippen LogP contribution >= 0.6 is 0 Å². The van der Waals surface area contributed by atoms with Crippen LogP contribution in [0.15, 0.2) is 12.1 Å². The Morgan fingerprint density at radius 2 is 1.78 bits per heavy atom. The average molecular weight is 325 g/mol. The zero-order valence-corrected chi connectivity index (χ0v) is 13.6. The zero-order valence-electron chi connectivity index (χ0n) is 13.6. The van der Waals surface area contributed by atoms with Crippen LogP contribution in [0.2, 0.25) is 0 Å². The van der Waals surface area contributed by atoms with Gasteiger partial charge in [0.05, 0.1) is 13.5 Å². The normalized spacial score (nSPS) is 14.4. The average Bonchev–Trinajstić information content (AvgIpc) is 2.49. The Morgan fingerprint density at radius 1 is 1.17 bits per heavy atom. The highest BCUT2D eigenvalue weighted by atomic mass is 19.1. The van der Waals surface area contributed by atoms with Gasteiger partial charge in [0, 0.05) is 25.1 Å². The zero-order chi connectivity index (χ0) is 17.2. The van der Waals surface area contributed by atoms with Crippen molar-refractivity contribution >= 4 is 11.9 Å². The van der Waals surface area contributed by atoms with Crippen molar-refractivity contribution in [3.63, 3.8) is 0 Å². The lowest BCUT2D eigenvalue weighted by Gasteiger charge is -2.32. The first-order valence-corrected chi connectivity index (χ1v) is 7.54. The number of methoxy groups -OCH3 is 1. The molecule has 1 heterocycles. The molecule has 2 rings (SSSR count). The highest BCUT2D eigenvalue weighted by Crippen LogP contribution is 2.29. The number of carbonyl (C=O) groups excluding carboxylic acids is 2. The Balaban J connectivity index is 2.07. The predicted molar refractivity (Wildman–Crippen MR) is 80.5 cm³/mol. The number of carbonyl (C=O) groups is 2. The van der Waals surface area contributed by atoms with Gasteiger partial charge in [-0.3, -0.25) is 9.59 Å². The predicted octanol–water partition coefficient (Wildman–Crippen LogP) is 2.83. The number of benzene rings is 1. The lowest BCUT2D eigenvalue weighted by molar-refractivity contribution is -0.144. The third-order valence-corrected chi connectivity index (χ3v) is 4.13. The maximum Gasteiger partial charge on any atom is 0.306 e. The minimum Gasteiger partial charge on any atom is -0.469 e. The van der Waals surface area contributed by atoms with Crippen LogP contribution in [0.25, 0.3) is 0 Å². The van der Waals surface area contributed by atoms with Crippen LogP contribution in [-0.2, 0) is 27.3 Å². The van der Waals surface area contributed by atoms with E-state index in [1.165, 1.54) is 12.0 Å². The maximum atomic E-state index is 13.9. The molecule has 1 aliphatic rings. The van der Waals surface area contributed by atoms with Crippen molar-refractivity contribution in [2.45, 2.75) is 39.7 Å². The first-order valence-electron chi connectivity index (χ1n) is 7.54. The topological polar surface area (TPSA) is 46.6 Å². The van der Waals surface area contributed by atoms with Crippen LogP contribution in [0.1, 0.15) is 37.8 Å². The van der Waals surface area contributed by atoms with E-state index < -0.39 is 17.0 Å². The first-order chi connectivity index (χ1) is 10.7. The van der Waals surface area contributed by atoms with Gasteiger partial charge in [-0.2, -0.15) is 0 Å². The molecular weight excluding hydrogens is 304 g/mol. The summed E-state index contributed by atoms with van der Waals surface area (Å²) in [7, 11) is 1.30. The number of nitrogens with zero attached hydrogens (tertiary/aromatic N) is 1. The van der Waals surface area contributed by atoms with Gasteiger partial charge in [0.1, 0.15) is 11.6 Å². The number of hydrogen-bond donors (Lipinski definition) is 0. The first kappa shape index (κ1) is 17.4. The Hall–Kier alpha value is -1.98. The lowest BCUT2D eigenvalue weighted by Crippen LogP contribution is -2.39. The van der Waals surface area contributed by atoms with E-state index >= 15 is 0 Å². The molecule has 0 aliphatic carbocycles. The summed E-state index contributed by atoms with van der Waals surface area (Å²) < 4.78 is 32.2. The molecule has 0 bridgehead atoms. The number of ether oxygens (including phenoxy) is 1. The van der Waals surface area contributed by atoms with E-state index in [-0.39, 0.29) is 36.8 Å². The molecule has 0 spiro atoms. The molecule has 4 nitrogen and oxygen atoms in total. The summed E-state index contributed by atoms with van der Waals surface area (Å²) in [6, 6.07) is 2.20. The fourth-order valence-corrected chi connectivity index (χ4v) is 2.85. The summed E-state index contributed by atoms with van der Waals surface area (Å²) in [5, 5.41) is 0. The van der Waals surface area contributed by atoms with Crippen molar-refractivity contribution in [2.75, 3.05) is 13.7 Å². The molecule has 1 aliphatic heterocycles. The number of fused-ring (bicyclic) bond motifs is 1. The summed E-state index contributed by atoms with van der Waals surface area (Å²) in [5.41, 5.74) is 0.0449. The SMILES string of the molecule is COC(=O)CC(C)(C)CC(=O)N1CCc2c(F)ccc(F)c2C1. The van der Waals surface area contributed by atoms with Crippen LogP contribution in [0.5, 0.6) is 0 Å². The molecule has 23 heavy (non-hydrogen) atoms. The van der Waals surface area contributed by atoms with E-state index in [0.29, 0.717) is 18.5 Å². The molecule has 1 amide bonds. The van der Waals surface area contributed by atoms with Gasteiger partial charge in [-0.1, -0.05) is 13.8 Å². The van der Waals surface area contributed by atoms with Gasteiger partial charge < -0.3 is 9.64 Å². The highest BCUT2D eigenvalue weighted by Gasteiger charge is 2.31. The Bertz CT molecular complexity index is 629. The van der Waals surface area contributed by atoms with Crippen molar-refractivity contribution in [1.82, 2.24) is 4.90 Å². The van der Waals surface area contributed by atoms with Crippen LogP contribution in [-0.4, -0.2) is 30.4 Å². The van der Waals surface area contributed by atoms with E-state index in [2.05, 4.69) is 4.74 Å². The molecule has 0 aromatic heterocycles. The molecule has 0 saturated carbocycles. The Labute approximate surface area is 134 Å². The van der Waals surface area contributed by atoms with Crippen LogP contribution in [0, 0.1) is 17.0 Å². The van der Waals surface area contributed by atoms with Gasteiger partial charge in [-0.15, -0.1) is 0 Å². The van der Waals surface area contributed by atoms with E-state index in [0.717, 1.165) is 12.1 Å². The molecule has 0 saturated heterocycles. The van der Waals surface area contributed by atoms with Crippen molar-refractivity contribution in [3.8, 4) is 0 Å². The third-order valence-electron chi connectivity index (χ3n) is 4.13. The highest BCUT2D eigenvalue weighted by molar-refractivity contribution is 5.78. The summed E-state index contributed by atoms with van der Waals surface area (Å²) in [6.45, 7) is 4.02. The van der Waals surface area contributed by atoms with Gasteiger partial charge in [-0.05, 0) is 29.5 Å². The van der Waals surface area contributed by atoms with Gasteiger partial charge in [0.25, 0.3) is 0 Å². The fourth-order valence-electron chi connectivity index (χ4n) is 2.85. The van der Waals surface area contributed by atoms with Crippen molar-refractivity contribution in [3.05, 3.63) is 34.9 Å². The largest absolute Gasteiger partial charge is 0.469 e. The number of amides is 1. The second kappa shape index (κ2) is 6.64. The lowest BCUT2D eigenvalue weighted by atomic mass is 9.84. The second-order valence-electron chi connectivity index (χ2n) is 6.65. The van der Waals surface area contributed by atoms with E-state index in [9.17, 15) is 18.4 Å². The quantitative estimate of drug-likeness (QED) is 0.800. The number of esters is 1. The Kier molecular flexibility index (Phi) is 5.02. The van der Waals surface area contributed by atoms with Crippen LogP contribution < -0.4 is 0 Å². The molecule has 0 radical (unpaired) electrons. The van der Waals surface area contributed by atoms with Gasteiger partial charge in [-0.25, -0.2) is 8.78 Å². The second-order valence-corrected chi connectivity index (χ2v) is 6.65. The minimum atomic E-state index is -0.551. The van der Waals surface area contributed by atoms with E-state index in [4.69, 9.17) is 0 Å². The molecule has 6 heteroatoms. The smallest absolute Gasteiger partial charge is 0.306 e. The standard InChI is InChI=1S/C17H21F2NO3/c1-17(2,9-16(22)23-3)8-15(21)20-7-6-11-12(10-20)14(19)5-4-13(11)18/h4-5H,6-10H2,1-3H3. The summed E-state index contributed by atoms with van der Waals surface area (Å²) >= 11 is 0. The third kappa shape index (κ3) is 4.06. The number of halogens is 2. The van der Waals surface area contributed by atoms with E-state index in [1.54, 1.807) is 13.8 Å². The van der Waals surface area contributed by atoms with Crippen LogP contribution in [0.4, 0.5) is 8.78 Å². The van der Waals surface area contributed by atoms with E-state index in [1.807, 2.05) is 0 Å². The fraction of sp³-hybridized carbons (Fsp3) is 0.529. The minimum absolute atomic E-state index is 0.0616. The number of rotatable bonds is 4. The molecule has 0 unspecified atom stereocenters. The Morgan fingerprint density at radius 3 is 2.39 bits per heavy atom. The van der Waals surface area contributed by atoms with Gasteiger partial charge in [0.15, 0.2) is 0 Å². The molecular formula is C17H21F2NO3. The summed E-state index contributed by atoms with van der Waals surface area (Å²) in [4.78, 5) is 25.4.